The first-order valence-electron chi connectivity index (χ1n) is 7.92. The van der Waals surface area contributed by atoms with Crippen LogP contribution < -0.4 is 0 Å². The zero-order valence-corrected chi connectivity index (χ0v) is 15.4. The molecule has 6 heteroatoms. The Hall–Kier alpha value is -0.853. The standard InChI is InChI=1S/C17H25F3O2Si/c1-17(2,3)23(4,5)22-13-7-12(8-13)21-10-11-6-15(19)16(20)9-14(11)18/h6,9,12-13H,7-8,10H2,1-5H3. The Morgan fingerprint density at radius 3 is 2.13 bits per heavy atom. The molecule has 23 heavy (non-hydrogen) atoms. The molecule has 1 aliphatic rings. The average Bonchev–Trinajstić information content (AvgIpc) is 2.36. The summed E-state index contributed by atoms with van der Waals surface area (Å²) in [7, 11) is -1.78. The molecule has 0 aliphatic heterocycles. The van der Waals surface area contributed by atoms with E-state index in [1.807, 2.05) is 0 Å². The van der Waals surface area contributed by atoms with Gasteiger partial charge in [0.2, 0.25) is 0 Å². The van der Waals surface area contributed by atoms with Crippen molar-refractivity contribution in [2.24, 2.45) is 0 Å². The highest BCUT2D eigenvalue weighted by molar-refractivity contribution is 6.74. The molecule has 130 valence electrons. The smallest absolute Gasteiger partial charge is 0.192 e. The first-order chi connectivity index (χ1) is 10.5. The van der Waals surface area contributed by atoms with Gasteiger partial charge < -0.3 is 9.16 Å². The fourth-order valence-corrected chi connectivity index (χ4v) is 3.60. The van der Waals surface area contributed by atoms with E-state index < -0.39 is 25.8 Å². The molecular formula is C17H25F3O2Si. The SMILES string of the molecule is CC(C)(C)[Si](C)(C)OC1CC(OCc2cc(F)c(F)cc2F)C1. The molecule has 1 aliphatic carbocycles. The van der Waals surface area contributed by atoms with Crippen LogP contribution in [0, 0.1) is 17.5 Å². The van der Waals surface area contributed by atoms with Gasteiger partial charge in [0, 0.05) is 17.7 Å². The summed E-state index contributed by atoms with van der Waals surface area (Å²) in [5, 5.41) is 0.160. The van der Waals surface area contributed by atoms with Crippen molar-refractivity contribution in [1.29, 1.82) is 0 Å². The van der Waals surface area contributed by atoms with Crippen molar-refractivity contribution in [3.8, 4) is 0 Å². The molecule has 1 aromatic rings. The van der Waals surface area contributed by atoms with Crippen LogP contribution in [0.1, 0.15) is 39.2 Å². The molecule has 1 fully saturated rings. The summed E-state index contributed by atoms with van der Waals surface area (Å²) in [6.07, 6.45) is 1.68. The van der Waals surface area contributed by atoms with E-state index in [4.69, 9.17) is 9.16 Å². The summed E-state index contributed by atoms with van der Waals surface area (Å²) in [5.41, 5.74) is 0.0395. The lowest BCUT2D eigenvalue weighted by molar-refractivity contribution is -0.0732. The molecule has 0 spiro atoms. The molecular weight excluding hydrogens is 321 g/mol. The fourth-order valence-electron chi connectivity index (χ4n) is 2.23. The van der Waals surface area contributed by atoms with Crippen LogP contribution in [0.5, 0.6) is 0 Å². The molecule has 0 bridgehead atoms. The van der Waals surface area contributed by atoms with Crippen molar-refractivity contribution in [1.82, 2.24) is 0 Å². The van der Waals surface area contributed by atoms with E-state index in [9.17, 15) is 13.2 Å². The van der Waals surface area contributed by atoms with Gasteiger partial charge in [0.15, 0.2) is 20.0 Å². The minimum Gasteiger partial charge on any atom is -0.414 e. The summed E-state index contributed by atoms with van der Waals surface area (Å²) in [5.74, 6) is -3.02. The topological polar surface area (TPSA) is 18.5 Å². The second-order valence-corrected chi connectivity index (χ2v) is 12.5. The highest BCUT2D eigenvalue weighted by atomic mass is 28.4. The molecule has 0 saturated heterocycles. The van der Waals surface area contributed by atoms with Crippen LogP contribution in [0.4, 0.5) is 13.2 Å². The number of rotatable bonds is 5. The van der Waals surface area contributed by atoms with Crippen LogP contribution in [0.3, 0.4) is 0 Å². The van der Waals surface area contributed by atoms with Crippen molar-refractivity contribution in [2.45, 2.75) is 70.6 Å². The first-order valence-corrected chi connectivity index (χ1v) is 10.8. The molecule has 0 atom stereocenters. The summed E-state index contributed by atoms with van der Waals surface area (Å²) in [6.45, 7) is 10.9. The Balaban J connectivity index is 1.80. The quantitative estimate of drug-likeness (QED) is 0.541. The molecule has 2 nitrogen and oxygen atoms in total. The van der Waals surface area contributed by atoms with Gasteiger partial charge in [-0.25, -0.2) is 13.2 Å². The van der Waals surface area contributed by atoms with Crippen molar-refractivity contribution in [3.05, 3.63) is 35.1 Å². The maximum atomic E-state index is 13.5. The molecule has 0 aromatic heterocycles. The number of hydrogen-bond donors (Lipinski definition) is 0. The zero-order chi connectivity index (χ0) is 17.4. The normalized spacial score (nSPS) is 22.1. The van der Waals surface area contributed by atoms with Crippen LogP contribution in [0.25, 0.3) is 0 Å². The highest BCUT2D eigenvalue weighted by Gasteiger charge is 2.42. The van der Waals surface area contributed by atoms with Gasteiger partial charge >= 0.3 is 0 Å². The Bertz CT molecular complexity index is 564. The maximum Gasteiger partial charge on any atom is 0.192 e. The third kappa shape index (κ3) is 4.36. The zero-order valence-electron chi connectivity index (χ0n) is 14.4. The molecule has 0 radical (unpaired) electrons. The monoisotopic (exact) mass is 346 g/mol. The van der Waals surface area contributed by atoms with Gasteiger partial charge in [-0.3, -0.25) is 0 Å². The van der Waals surface area contributed by atoms with E-state index in [0.29, 0.717) is 6.07 Å². The lowest BCUT2D eigenvalue weighted by atomic mass is 9.92. The van der Waals surface area contributed by atoms with Crippen LogP contribution in [-0.2, 0) is 15.8 Å². The van der Waals surface area contributed by atoms with E-state index in [0.717, 1.165) is 18.9 Å². The largest absolute Gasteiger partial charge is 0.414 e. The lowest BCUT2D eigenvalue weighted by Crippen LogP contribution is -2.49. The molecule has 0 N–H and O–H groups in total. The Kier molecular flexibility index (Phi) is 5.28. The van der Waals surface area contributed by atoms with Crippen molar-refractivity contribution in [3.63, 3.8) is 0 Å². The lowest BCUT2D eigenvalue weighted by Gasteiger charge is -2.44. The molecule has 0 unspecified atom stereocenters. The van der Waals surface area contributed by atoms with Gasteiger partial charge in [-0.05, 0) is 37.0 Å². The Labute approximate surface area is 137 Å². The molecule has 1 saturated carbocycles. The summed E-state index contributed by atoms with van der Waals surface area (Å²) in [6, 6.07) is 1.41. The third-order valence-corrected chi connectivity index (χ3v) is 9.42. The van der Waals surface area contributed by atoms with Crippen molar-refractivity contribution >= 4 is 8.32 Å². The first kappa shape index (κ1) is 18.5. The second-order valence-electron chi connectivity index (χ2n) is 7.76. The van der Waals surface area contributed by atoms with Crippen LogP contribution in [0.2, 0.25) is 18.1 Å². The summed E-state index contributed by atoms with van der Waals surface area (Å²) in [4.78, 5) is 0. The highest BCUT2D eigenvalue weighted by Crippen LogP contribution is 2.40. The van der Waals surface area contributed by atoms with Gasteiger partial charge in [0.05, 0.1) is 12.7 Å². The van der Waals surface area contributed by atoms with Crippen molar-refractivity contribution in [2.75, 3.05) is 0 Å². The van der Waals surface area contributed by atoms with E-state index in [1.54, 1.807) is 0 Å². The minimum atomic E-state index is -1.78. The van der Waals surface area contributed by atoms with Crippen LogP contribution >= 0.6 is 0 Å². The van der Waals surface area contributed by atoms with E-state index >= 15 is 0 Å². The number of ether oxygens (including phenoxy) is 1. The van der Waals surface area contributed by atoms with Crippen molar-refractivity contribution < 1.29 is 22.3 Å². The van der Waals surface area contributed by atoms with E-state index in [-0.39, 0.29) is 29.4 Å². The van der Waals surface area contributed by atoms with Crippen LogP contribution in [-0.4, -0.2) is 20.5 Å². The molecule has 0 heterocycles. The number of hydrogen-bond acceptors (Lipinski definition) is 2. The van der Waals surface area contributed by atoms with E-state index in [2.05, 4.69) is 33.9 Å². The second kappa shape index (κ2) is 6.57. The molecule has 2 rings (SSSR count). The van der Waals surface area contributed by atoms with Gasteiger partial charge in [0.25, 0.3) is 0 Å². The van der Waals surface area contributed by atoms with Gasteiger partial charge in [-0.15, -0.1) is 0 Å². The summed E-state index contributed by atoms with van der Waals surface area (Å²) >= 11 is 0. The minimum absolute atomic E-state index is 0.0164. The molecule has 1 aromatic carbocycles. The predicted octanol–water partition coefficient (Wildman–Crippen LogP) is 5.17. The van der Waals surface area contributed by atoms with Gasteiger partial charge in [-0.2, -0.15) is 0 Å². The van der Waals surface area contributed by atoms with E-state index in [1.165, 1.54) is 0 Å². The van der Waals surface area contributed by atoms with Gasteiger partial charge in [-0.1, -0.05) is 20.8 Å². The fraction of sp³-hybridized carbons (Fsp3) is 0.647. The number of halogens is 3. The predicted molar refractivity (Wildman–Crippen MR) is 86.2 cm³/mol. The maximum absolute atomic E-state index is 13.5. The molecule has 0 amide bonds. The third-order valence-electron chi connectivity index (χ3n) is 4.88. The van der Waals surface area contributed by atoms with Crippen LogP contribution in [0.15, 0.2) is 12.1 Å². The average molecular weight is 346 g/mol. The summed E-state index contributed by atoms with van der Waals surface area (Å²) < 4.78 is 51.4. The Morgan fingerprint density at radius 2 is 1.57 bits per heavy atom. The number of benzene rings is 1. The Morgan fingerprint density at radius 1 is 1.00 bits per heavy atom. The van der Waals surface area contributed by atoms with Gasteiger partial charge in [0.1, 0.15) is 5.82 Å².